The van der Waals surface area contributed by atoms with Crippen LogP contribution in [0.4, 0.5) is 0 Å². The van der Waals surface area contributed by atoms with Crippen LogP contribution in [0.2, 0.25) is 0 Å². The molecule has 0 spiro atoms. The quantitative estimate of drug-likeness (QED) is 0.583. The van der Waals surface area contributed by atoms with Crippen LogP contribution in [-0.2, 0) is 16.5 Å². The summed E-state index contributed by atoms with van der Waals surface area (Å²) in [4.78, 5) is 0. The molecule has 5 heteroatoms. The lowest BCUT2D eigenvalue weighted by Gasteiger charge is -2.12. The predicted molar refractivity (Wildman–Crippen MR) is 64.5 cm³/mol. The van der Waals surface area contributed by atoms with Gasteiger partial charge in [-0.15, -0.1) is 0 Å². The molecule has 0 amide bonds. The van der Waals surface area contributed by atoms with E-state index in [9.17, 15) is 13.0 Å². The van der Waals surface area contributed by atoms with Crippen LogP contribution in [0.3, 0.4) is 0 Å². The average Bonchev–Trinajstić information content (AvgIpc) is 2.27. The Balaban J connectivity index is 1.98. The molecule has 1 aliphatic heterocycles. The first-order chi connectivity index (χ1) is 8.04. The third kappa shape index (κ3) is 3.64. The van der Waals surface area contributed by atoms with Gasteiger partial charge in [0.2, 0.25) is 0 Å². The largest absolute Gasteiger partial charge is 0.748 e. The predicted octanol–water partition coefficient (Wildman–Crippen LogP) is 0.609. The summed E-state index contributed by atoms with van der Waals surface area (Å²) >= 11 is 0. The molecule has 17 heavy (non-hydrogen) atoms. The smallest absolute Gasteiger partial charge is 0.170 e. The van der Waals surface area contributed by atoms with Crippen LogP contribution in [0.5, 0.6) is 0 Å². The SMILES string of the molecule is O=S(=O)([O-])CCC[N+]1=Cc2ccccc2CC1. The van der Waals surface area contributed by atoms with Crippen LogP contribution in [0, 0.1) is 0 Å². The molecule has 0 N–H and O–H groups in total. The number of hydrogen-bond donors (Lipinski definition) is 0. The molecule has 1 aromatic rings. The van der Waals surface area contributed by atoms with Gasteiger partial charge in [-0.1, -0.05) is 18.2 Å². The fourth-order valence-electron chi connectivity index (χ4n) is 2.03. The molecule has 0 bridgehead atoms. The van der Waals surface area contributed by atoms with E-state index in [0.29, 0.717) is 13.0 Å². The standard InChI is InChI=1S/C12H15NO3S/c14-17(15,16)9-3-7-13-8-6-11-4-1-2-5-12(11)10-13/h1-2,4-5,10H,3,6-9H2. The van der Waals surface area contributed by atoms with E-state index in [-0.39, 0.29) is 5.75 Å². The third-order valence-corrected chi connectivity index (χ3v) is 3.67. The Morgan fingerprint density at radius 3 is 2.82 bits per heavy atom. The van der Waals surface area contributed by atoms with Crippen LogP contribution in [-0.4, -0.2) is 42.6 Å². The van der Waals surface area contributed by atoms with Crippen molar-refractivity contribution < 1.29 is 17.5 Å². The Kier molecular flexibility index (Phi) is 3.59. The molecule has 0 aliphatic carbocycles. The van der Waals surface area contributed by atoms with E-state index in [4.69, 9.17) is 0 Å². The summed E-state index contributed by atoms with van der Waals surface area (Å²) in [5, 5.41) is 0. The average molecular weight is 253 g/mol. The van der Waals surface area contributed by atoms with Crippen LogP contribution in [0.25, 0.3) is 0 Å². The molecule has 1 aromatic carbocycles. The Labute approximate surface area is 101 Å². The van der Waals surface area contributed by atoms with Crippen LogP contribution >= 0.6 is 0 Å². The van der Waals surface area contributed by atoms with Gasteiger partial charge in [0.05, 0.1) is 10.1 Å². The second-order valence-electron chi connectivity index (χ2n) is 4.23. The van der Waals surface area contributed by atoms with E-state index in [1.54, 1.807) is 0 Å². The van der Waals surface area contributed by atoms with Crippen molar-refractivity contribution in [2.45, 2.75) is 12.8 Å². The van der Waals surface area contributed by atoms with Crippen LogP contribution in [0.15, 0.2) is 24.3 Å². The molecule has 0 fully saturated rings. The van der Waals surface area contributed by atoms with Gasteiger partial charge in [0, 0.05) is 24.2 Å². The highest BCUT2D eigenvalue weighted by Crippen LogP contribution is 2.11. The van der Waals surface area contributed by atoms with E-state index >= 15 is 0 Å². The van der Waals surface area contributed by atoms with Gasteiger partial charge in [-0.05, 0) is 11.6 Å². The van der Waals surface area contributed by atoms with Crippen LogP contribution < -0.4 is 0 Å². The summed E-state index contributed by atoms with van der Waals surface area (Å²) in [6.07, 6.45) is 3.40. The van der Waals surface area contributed by atoms with Gasteiger partial charge in [-0.2, -0.15) is 0 Å². The maximum Gasteiger partial charge on any atom is 0.170 e. The Morgan fingerprint density at radius 2 is 2.06 bits per heavy atom. The lowest BCUT2D eigenvalue weighted by atomic mass is 10.0. The highest BCUT2D eigenvalue weighted by molar-refractivity contribution is 7.85. The number of rotatable bonds is 4. The minimum atomic E-state index is -4.08. The van der Waals surface area contributed by atoms with Crippen molar-refractivity contribution >= 4 is 16.3 Å². The summed E-state index contributed by atoms with van der Waals surface area (Å²) in [6, 6.07) is 8.16. The van der Waals surface area contributed by atoms with Gasteiger partial charge in [0.25, 0.3) is 0 Å². The molecule has 92 valence electrons. The molecule has 2 rings (SSSR count). The molecule has 0 saturated heterocycles. The summed E-state index contributed by atoms with van der Waals surface area (Å²) in [5.41, 5.74) is 2.50. The van der Waals surface area contributed by atoms with Crippen molar-refractivity contribution in [3.05, 3.63) is 35.4 Å². The van der Waals surface area contributed by atoms with Gasteiger partial charge in [0.15, 0.2) is 6.21 Å². The van der Waals surface area contributed by atoms with Gasteiger partial charge < -0.3 is 4.55 Å². The fraction of sp³-hybridized carbons (Fsp3) is 0.417. The first-order valence-corrected chi connectivity index (χ1v) is 7.23. The maximum absolute atomic E-state index is 10.5. The number of hydrogen-bond acceptors (Lipinski definition) is 3. The monoisotopic (exact) mass is 253 g/mol. The number of fused-ring (bicyclic) bond motifs is 1. The lowest BCUT2D eigenvalue weighted by Crippen LogP contribution is -2.24. The minimum Gasteiger partial charge on any atom is -0.748 e. The van der Waals surface area contributed by atoms with E-state index < -0.39 is 10.1 Å². The first-order valence-electron chi connectivity index (χ1n) is 5.65. The van der Waals surface area contributed by atoms with Crippen molar-refractivity contribution in [3.63, 3.8) is 0 Å². The van der Waals surface area contributed by atoms with Crippen molar-refractivity contribution in [2.24, 2.45) is 0 Å². The summed E-state index contributed by atoms with van der Waals surface area (Å²) in [6.45, 7) is 1.51. The molecular formula is C12H15NO3S. The molecule has 0 radical (unpaired) electrons. The lowest BCUT2D eigenvalue weighted by molar-refractivity contribution is -0.523. The number of nitrogens with zero attached hydrogens (tertiary/aromatic N) is 1. The van der Waals surface area contributed by atoms with Gasteiger partial charge in [0.1, 0.15) is 13.1 Å². The van der Waals surface area contributed by atoms with Gasteiger partial charge in [-0.25, -0.2) is 13.0 Å². The molecular weight excluding hydrogens is 238 g/mol. The second kappa shape index (κ2) is 4.98. The Bertz CT molecular complexity index is 534. The van der Waals surface area contributed by atoms with E-state index in [1.165, 1.54) is 11.1 Å². The van der Waals surface area contributed by atoms with Crippen molar-refractivity contribution in [1.29, 1.82) is 0 Å². The van der Waals surface area contributed by atoms with E-state index in [2.05, 4.69) is 10.6 Å². The molecule has 1 aliphatic rings. The van der Waals surface area contributed by atoms with Crippen LogP contribution in [0.1, 0.15) is 17.5 Å². The summed E-state index contributed by atoms with van der Waals surface area (Å²) < 4.78 is 33.5. The number of benzene rings is 1. The van der Waals surface area contributed by atoms with E-state index in [0.717, 1.165) is 13.0 Å². The molecule has 0 unspecified atom stereocenters. The zero-order valence-corrected chi connectivity index (χ0v) is 10.3. The first kappa shape index (κ1) is 12.3. The van der Waals surface area contributed by atoms with Crippen molar-refractivity contribution in [2.75, 3.05) is 18.8 Å². The second-order valence-corrected chi connectivity index (χ2v) is 5.75. The van der Waals surface area contributed by atoms with Gasteiger partial charge in [-0.3, -0.25) is 0 Å². The highest BCUT2D eigenvalue weighted by Gasteiger charge is 2.14. The summed E-state index contributed by atoms with van der Waals surface area (Å²) in [7, 11) is -4.08. The normalized spacial score (nSPS) is 15.2. The van der Waals surface area contributed by atoms with Crippen molar-refractivity contribution in [1.82, 2.24) is 0 Å². The van der Waals surface area contributed by atoms with Crippen molar-refractivity contribution in [3.8, 4) is 0 Å². The maximum atomic E-state index is 10.5. The summed E-state index contributed by atoms with van der Waals surface area (Å²) in [5.74, 6) is -0.279. The fourth-order valence-corrected chi connectivity index (χ4v) is 2.52. The molecule has 0 aromatic heterocycles. The molecule has 0 saturated carbocycles. The van der Waals surface area contributed by atoms with E-state index in [1.807, 2.05) is 24.4 Å². The topological polar surface area (TPSA) is 60.2 Å². The minimum absolute atomic E-state index is 0.279. The molecule has 4 nitrogen and oxygen atoms in total. The molecule has 0 atom stereocenters. The zero-order chi connectivity index (χ0) is 12.3. The van der Waals surface area contributed by atoms with Gasteiger partial charge >= 0.3 is 0 Å². The zero-order valence-electron chi connectivity index (χ0n) is 9.50. The highest BCUT2D eigenvalue weighted by atomic mass is 32.2. The molecule has 1 heterocycles. The Morgan fingerprint density at radius 1 is 1.29 bits per heavy atom. The Hall–Kier alpha value is -1.20. The third-order valence-electron chi connectivity index (χ3n) is 2.88.